The van der Waals surface area contributed by atoms with Crippen molar-refractivity contribution in [1.29, 1.82) is 0 Å². The number of aliphatic hydroxyl groups excluding tert-OH is 8. The zero-order chi connectivity index (χ0) is 24.0. The standard InChI is InChI=1S/C18H32N2O12/c21-5-7-11(25)13(27)15(29)17(31-7)19-9(23)3-1-2-4-10(24)20-18-16(30)14(28)12(26)8(6-22)32-18/h7-8,11-18,21-22,25-30H,1-6H2,(H,19,23)(H,20,24)/t7-,8-,11-,12-,13+,14+,15-,16-,17-,18-/m1/s1. The maximum absolute atomic E-state index is 12.0. The average molecular weight is 468 g/mol. The maximum atomic E-state index is 12.0. The Balaban J connectivity index is 1.70. The van der Waals surface area contributed by atoms with Gasteiger partial charge in [-0.05, 0) is 12.8 Å². The van der Waals surface area contributed by atoms with Gasteiger partial charge in [-0.2, -0.15) is 0 Å². The molecule has 2 heterocycles. The van der Waals surface area contributed by atoms with E-state index in [2.05, 4.69) is 10.6 Å². The van der Waals surface area contributed by atoms with Crippen molar-refractivity contribution in [3.63, 3.8) is 0 Å². The van der Waals surface area contributed by atoms with Crippen molar-refractivity contribution >= 4 is 11.8 Å². The third-order valence-corrected chi connectivity index (χ3v) is 5.45. The Hall–Kier alpha value is -1.46. The predicted molar refractivity (Wildman–Crippen MR) is 102 cm³/mol. The summed E-state index contributed by atoms with van der Waals surface area (Å²) in [4.78, 5) is 24.1. The molecule has 2 aliphatic heterocycles. The van der Waals surface area contributed by atoms with Crippen LogP contribution in [0.4, 0.5) is 0 Å². The van der Waals surface area contributed by atoms with Crippen LogP contribution in [0.5, 0.6) is 0 Å². The van der Waals surface area contributed by atoms with Crippen LogP contribution < -0.4 is 10.6 Å². The van der Waals surface area contributed by atoms with Crippen molar-refractivity contribution in [2.45, 2.75) is 87.0 Å². The molecule has 0 aromatic heterocycles. The van der Waals surface area contributed by atoms with E-state index in [0.29, 0.717) is 0 Å². The summed E-state index contributed by atoms with van der Waals surface area (Å²) in [6, 6.07) is 0. The highest BCUT2D eigenvalue weighted by Crippen LogP contribution is 2.21. The van der Waals surface area contributed by atoms with Crippen LogP contribution in [0, 0.1) is 0 Å². The van der Waals surface area contributed by atoms with E-state index in [1.165, 1.54) is 0 Å². The number of ether oxygens (including phenoxy) is 2. The van der Waals surface area contributed by atoms with Crippen LogP contribution in [0.25, 0.3) is 0 Å². The Morgan fingerprint density at radius 3 is 1.25 bits per heavy atom. The SMILES string of the molecule is O=C(CCCCC(=O)N[C@@H]1O[C@H](CO)[C@@H](O)[C@H](O)[C@H]1O)N[C@@H]1O[C@H](CO)[C@@H](O)[C@H](O)[C@H]1O. The van der Waals surface area contributed by atoms with Gasteiger partial charge in [0.2, 0.25) is 11.8 Å². The molecular weight excluding hydrogens is 436 g/mol. The van der Waals surface area contributed by atoms with Gasteiger partial charge in [-0.15, -0.1) is 0 Å². The van der Waals surface area contributed by atoms with E-state index in [9.17, 15) is 40.2 Å². The lowest BCUT2D eigenvalue weighted by molar-refractivity contribution is -0.236. The minimum absolute atomic E-state index is 0.0532. The van der Waals surface area contributed by atoms with Gasteiger partial charge in [-0.25, -0.2) is 0 Å². The molecule has 0 aromatic carbocycles. The van der Waals surface area contributed by atoms with Crippen molar-refractivity contribution < 1.29 is 59.9 Å². The lowest BCUT2D eigenvalue weighted by atomic mass is 9.98. The van der Waals surface area contributed by atoms with E-state index in [0.717, 1.165) is 0 Å². The molecule has 10 N–H and O–H groups in total. The molecular formula is C18H32N2O12. The quantitative estimate of drug-likeness (QED) is 0.142. The van der Waals surface area contributed by atoms with E-state index in [4.69, 9.17) is 19.7 Å². The van der Waals surface area contributed by atoms with E-state index in [1.807, 2.05) is 0 Å². The zero-order valence-electron chi connectivity index (χ0n) is 17.2. The molecule has 2 saturated heterocycles. The number of amides is 2. The predicted octanol–water partition coefficient (Wildman–Crippen LogP) is -5.62. The van der Waals surface area contributed by atoms with Gasteiger partial charge in [0.25, 0.3) is 0 Å². The second-order valence-corrected chi connectivity index (χ2v) is 7.84. The summed E-state index contributed by atoms with van der Waals surface area (Å²) in [5.41, 5.74) is 0. The highest BCUT2D eigenvalue weighted by Gasteiger charge is 2.45. The van der Waals surface area contributed by atoms with Gasteiger partial charge in [0.05, 0.1) is 13.2 Å². The topological polar surface area (TPSA) is 238 Å². The number of carbonyl (C=O) groups is 2. The second kappa shape index (κ2) is 12.1. The minimum Gasteiger partial charge on any atom is -0.394 e. The van der Waals surface area contributed by atoms with E-state index >= 15 is 0 Å². The van der Waals surface area contributed by atoms with Crippen LogP contribution >= 0.6 is 0 Å². The Labute approximate surface area is 183 Å². The summed E-state index contributed by atoms with van der Waals surface area (Å²) < 4.78 is 10.3. The molecule has 2 aliphatic rings. The highest BCUT2D eigenvalue weighted by atomic mass is 16.6. The van der Waals surface area contributed by atoms with Crippen LogP contribution in [0.1, 0.15) is 25.7 Å². The van der Waals surface area contributed by atoms with Gasteiger partial charge in [-0.1, -0.05) is 0 Å². The van der Waals surface area contributed by atoms with Crippen molar-refractivity contribution in [2.75, 3.05) is 13.2 Å². The first-order valence-electron chi connectivity index (χ1n) is 10.3. The van der Waals surface area contributed by atoms with Crippen LogP contribution in [0.15, 0.2) is 0 Å². The molecule has 0 saturated carbocycles. The molecule has 32 heavy (non-hydrogen) atoms. The minimum atomic E-state index is -1.61. The van der Waals surface area contributed by atoms with E-state index < -0.39 is 86.3 Å². The molecule has 2 amide bonds. The van der Waals surface area contributed by atoms with Crippen molar-refractivity contribution in [1.82, 2.24) is 10.6 Å². The Morgan fingerprint density at radius 1 is 0.594 bits per heavy atom. The number of unbranched alkanes of at least 4 members (excludes halogenated alkanes) is 1. The summed E-state index contributed by atoms with van der Waals surface area (Å²) in [6.45, 7) is -1.25. The first-order chi connectivity index (χ1) is 15.1. The molecule has 0 bridgehead atoms. The fraction of sp³-hybridized carbons (Fsp3) is 0.889. The average Bonchev–Trinajstić information content (AvgIpc) is 2.77. The number of hydrogen-bond donors (Lipinski definition) is 10. The normalized spacial score (nSPS) is 40.0. The third-order valence-electron chi connectivity index (χ3n) is 5.45. The molecule has 2 rings (SSSR count). The van der Waals surface area contributed by atoms with E-state index in [1.54, 1.807) is 0 Å². The molecule has 0 spiro atoms. The van der Waals surface area contributed by atoms with Crippen LogP contribution in [0.2, 0.25) is 0 Å². The molecule has 10 atom stereocenters. The first kappa shape index (κ1) is 26.8. The van der Waals surface area contributed by atoms with E-state index in [-0.39, 0.29) is 25.7 Å². The van der Waals surface area contributed by atoms with Gasteiger partial charge in [0.1, 0.15) is 48.8 Å². The van der Waals surface area contributed by atoms with Gasteiger partial charge in [0.15, 0.2) is 12.5 Å². The molecule has 2 fully saturated rings. The van der Waals surface area contributed by atoms with Crippen molar-refractivity contribution in [3.05, 3.63) is 0 Å². The molecule has 0 aliphatic carbocycles. The van der Waals surface area contributed by atoms with Crippen molar-refractivity contribution in [3.8, 4) is 0 Å². The van der Waals surface area contributed by atoms with Gasteiger partial charge in [-0.3, -0.25) is 9.59 Å². The number of aliphatic hydroxyl groups is 8. The summed E-state index contributed by atoms with van der Waals surface area (Å²) in [5, 5.41) is 81.6. The Bertz CT molecular complexity index is 569. The fourth-order valence-corrected chi connectivity index (χ4v) is 3.47. The third kappa shape index (κ3) is 6.54. The lowest BCUT2D eigenvalue weighted by Crippen LogP contribution is -2.63. The van der Waals surface area contributed by atoms with Gasteiger partial charge in [0, 0.05) is 12.8 Å². The van der Waals surface area contributed by atoms with Crippen molar-refractivity contribution in [2.24, 2.45) is 0 Å². The summed E-state index contributed by atoms with van der Waals surface area (Å²) in [6.07, 6.45) is -14.0. The number of nitrogens with one attached hydrogen (secondary N) is 2. The molecule has 0 unspecified atom stereocenters. The lowest BCUT2D eigenvalue weighted by Gasteiger charge is -2.40. The zero-order valence-corrected chi connectivity index (χ0v) is 17.2. The van der Waals surface area contributed by atoms with Crippen LogP contribution in [0.3, 0.4) is 0 Å². The highest BCUT2D eigenvalue weighted by molar-refractivity contribution is 5.77. The summed E-state index contributed by atoms with van der Waals surface area (Å²) in [7, 11) is 0. The number of hydrogen-bond acceptors (Lipinski definition) is 12. The second-order valence-electron chi connectivity index (χ2n) is 7.84. The summed E-state index contributed by atoms with van der Waals surface area (Å²) >= 11 is 0. The molecule has 14 nitrogen and oxygen atoms in total. The van der Waals surface area contributed by atoms with Crippen LogP contribution in [-0.2, 0) is 19.1 Å². The Kier molecular flexibility index (Phi) is 10.2. The number of rotatable bonds is 9. The fourth-order valence-electron chi connectivity index (χ4n) is 3.47. The monoisotopic (exact) mass is 468 g/mol. The molecule has 0 aromatic rings. The molecule has 0 radical (unpaired) electrons. The van der Waals surface area contributed by atoms with Gasteiger partial charge < -0.3 is 61.0 Å². The van der Waals surface area contributed by atoms with Crippen LogP contribution in [-0.4, -0.2) is 127 Å². The number of carbonyl (C=O) groups excluding carboxylic acids is 2. The molecule has 186 valence electrons. The first-order valence-corrected chi connectivity index (χ1v) is 10.3. The maximum Gasteiger partial charge on any atom is 0.222 e. The smallest absolute Gasteiger partial charge is 0.222 e. The Morgan fingerprint density at radius 2 is 0.938 bits per heavy atom. The molecule has 14 heteroatoms. The van der Waals surface area contributed by atoms with Gasteiger partial charge >= 0.3 is 0 Å². The summed E-state index contributed by atoms with van der Waals surface area (Å²) in [5.74, 6) is -1.10. The largest absolute Gasteiger partial charge is 0.394 e.